The van der Waals surface area contributed by atoms with Gasteiger partial charge < -0.3 is 9.88 Å². The summed E-state index contributed by atoms with van der Waals surface area (Å²) in [6, 6.07) is 6.52. The summed E-state index contributed by atoms with van der Waals surface area (Å²) in [5.74, 6) is 0.900. The zero-order valence-corrected chi connectivity index (χ0v) is 14.0. The van der Waals surface area contributed by atoms with Gasteiger partial charge in [-0.1, -0.05) is 23.2 Å². The fourth-order valence-electron chi connectivity index (χ4n) is 2.17. The van der Waals surface area contributed by atoms with Crippen molar-refractivity contribution in [3.63, 3.8) is 0 Å². The van der Waals surface area contributed by atoms with Crippen molar-refractivity contribution >= 4 is 29.1 Å². The molecular formula is C16H13Cl2N5O. The Kier molecular flexibility index (Phi) is 5.08. The van der Waals surface area contributed by atoms with Crippen LogP contribution < -0.4 is 5.32 Å². The molecule has 1 amide bonds. The molecule has 0 bridgehead atoms. The van der Waals surface area contributed by atoms with E-state index in [9.17, 15) is 4.79 Å². The lowest BCUT2D eigenvalue weighted by Gasteiger charge is -2.09. The first-order valence-electron chi connectivity index (χ1n) is 7.17. The third kappa shape index (κ3) is 3.72. The molecule has 0 saturated carbocycles. The van der Waals surface area contributed by atoms with Gasteiger partial charge in [0.2, 0.25) is 0 Å². The van der Waals surface area contributed by atoms with Gasteiger partial charge in [-0.15, -0.1) is 0 Å². The number of hydrogen-bond acceptors (Lipinski definition) is 4. The monoisotopic (exact) mass is 361 g/mol. The van der Waals surface area contributed by atoms with Crippen molar-refractivity contribution < 1.29 is 4.79 Å². The summed E-state index contributed by atoms with van der Waals surface area (Å²) in [5.41, 5.74) is 0.349. The van der Waals surface area contributed by atoms with E-state index in [4.69, 9.17) is 23.2 Å². The first-order chi connectivity index (χ1) is 11.6. The molecule has 122 valence electrons. The number of hydrogen-bond donors (Lipinski definition) is 1. The van der Waals surface area contributed by atoms with Crippen molar-refractivity contribution in [3.05, 3.63) is 64.7 Å². The van der Waals surface area contributed by atoms with Crippen LogP contribution in [-0.2, 0) is 6.54 Å². The number of imidazole rings is 1. The van der Waals surface area contributed by atoms with Gasteiger partial charge in [0.15, 0.2) is 11.6 Å². The molecule has 0 unspecified atom stereocenters. The number of halogens is 2. The molecule has 0 fully saturated rings. The molecule has 0 spiro atoms. The Bertz CT molecular complexity index is 851. The minimum atomic E-state index is -0.278. The van der Waals surface area contributed by atoms with Crippen LogP contribution in [0.15, 0.2) is 49.1 Å². The predicted molar refractivity (Wildman–Crippen MR) is 92.0 cm³/mol. The number of nitrogens with one attached hydrogen (secondary N) is 1. The van der Waals surface area contributed by atoms with Gasteiger partial charge in [-0.05, 0) is 24.3 Å². The Morgan fingerprint density at radius 3 is 2.71 bits per heavy atom. The number of carbonyl (C=O) groups excluding carboxylic acids is 1. The molecular weight excluding hydrogens is 349 g/mol. The summed E-state index contributed by atoms with van der Waals surface area (Å²) in [5, 5.41) is 3.63. The maximum absolute atomic E-state index is 12.2. The Hall–Kier alpha value is -2.44. The second-order valence-corrected chi connectivity index (χ2v) is 5.74. The summed E-state index contributed by atoms with van der Waals surface area (Å²) in [6.45, 7) is 0.926. The van der Waals surface area contributed by atoms with E-state index in [0.717, 1.165) is 0 Å². The van der Waals surface area contributed by atoms with E-state index in [1.54, 1.807) is 42.9 Å². The lowest BCUT2D eigenvalue weighted by atomic mass is 10.2. The molecule has 6 nitrogen and oxygen atoms in total. The molecule has 0 aliphatic heterocycles. The van der Waals surface area contributed by atoms with E-state index in [2.05, 4.69) is 20.3 Å². The molecule has 2 heterocycles. The van der Waals surface area contributed by atoms with Crippen LogP contribution in [0, 0.1) is 0 Å². The SMILES string of the molecule is O=C(NCCn1ccnc1-c1ncccn1)c1cc(Cl)ccc1Cl. The average molecular weight is 362 g/mol. The number of aromatic nitrogens is 4. The molecule has 1 N–H and O–H groups in total. The molecule has 0 aliphatic carbocycles. The Morgan fingerprint density at radius 1 is 1.12 bits per heavy atom. The van der Waals surface area contributed by atoms with Gasteiger partial charge in [-0.2, -0.15) is 0 Å². The molecule has 0 saturated heterocycles. The third-order valence-corrected chi connectivity index (χ3v) is 3.86. The summed E-state index contributed by atoms with van der Waals surface area (Å²) >= 11 is 11.9. The summed E-state index contributed by atoms with van der Waals surface area (Å²) in [7, 11) is 0. The van der Waals surface area contributed by atoms with Gasteiger partial charge in [-0.25, -0.2) is 15.0 Å². The topological polar surface area (TPSA) is 72.7 Å². The van der Waals surface area contributed by atoms with E-state index < -0.39 is 0 Å². The number of amides is 1. The van der Waals surface area contributed by atoms with E-state index >= 15 is 0 Å². The Morgan fingerprint density at radius 2 is 1.92 bits per heavy atom. The lowest BCUT2D eigenvalue weighted by Crippen LogP contribution is -2.27. The largest absolute Gasteiger partial charge is 0.350 e. The van der Waals surface area contributed by atoms with Gasteiger partial charge in [0.05, 0.1) is 10.6 Å². The maximum Gasteiger partial charge on any atom is 0.252 e. The van der Waals surface area contributed by atoms with Crippen LogP contribution in [0.4, 0.5) is 0 Å². The molecule has 24 heavy (non-hydrogen) atoms. The third-order valence-electron chi connectivity index (χ3n) is 3.29. The fraction of sp³-hybridized carbons (Fsp3) is 0.125. The van der Waals surface area contributed by atoms with Crippen molar-refractivity contribution in [2.24, 2.45) is 0 Å². The smallest absolute Gasteiger partial charge is 0.252 e. The van der Waals surface area contributed by atoms with Crippen molar-refractivity contribution in [2.45, 2.75) is 6.54 Å². The highest BCUT2D eigenvalue weighted by molar-refractivity contribution is 6.35. The highest BCUT2D eigenvalue weighted by Crippen LogP contribution is 2.20. The van der Waals surface area contributed by atoms with Crippen molar-refractivity contribution in [1.82, 2.24) is 24.8 Å². The Balaban J connectivity index is 1.64. The van der Waals surface area contributed by atoms with Crippen molar-refractivity contribution in [2.75, 3.05) is 6.54 Å². The standard InChI is InChI=1S/C16H13Cl2N5O/c17-11-2-3-13(18)12(10-11)16(24)22-7-9-23-8-6-21-15(23)14-19-4-1-5-20-14/h1-6,8,10H,7,9H2,(H,22,24). The number of rotatable bonds is 5. The average Bonchev–Trinajstić information content (AvgIpc) is 3.06. The van der Waals surface area contributed by atoms with Crippen LogP contribution in [0.25, 0.3) is 11.6 Å². The highest BCUT2D eigenvalue weighted by Gasteiger charge is 2.12. The summed E-state index contributed by atoms with van der Waals surface area (Å²) in [6.07, 6.45) is 6.79. The van der Waals surface area contributed by atoms with Crippen LogP contribution in [0.1, 0.15) is 10.4 Å². The van der Waals surface area contributed by atoms with E-state index in [1.165, 1.54) is 0 Å². The van der Waals surface area contributed by atoms with Crippen LogP contribution in [0.2, 0.25) is 10.0 Å². The second kappa shape index (κ2) is 7.42. The lowest BCUT2D eigenvalue weighted by molar-refractivity contribution is 0.0952. The fourth-order valence-corrected chi connectivity index (χ4v) is 2.54. The number of nitrogens with zero attached hydrogens (tertiary/aromatic N) is 4. The van der Waals surface area contributed by atoms with Crippen LogP contribution in [-0.4, -0.2) is 32.0 Å². The van der Waals surface area contributed by atoms with E-state index in [0.29, 0.717) is 40.3 Å². The number of benzene rings is 1. The molecule has 0 aliphatic rings. The molecule has 8 heteroatoms. The molecule has 1 aromatic carbocycles. The summed E-state index contributed by atoms with van der Waals surface area (Å²) in [4.78, 5) is 24.8. The van der Waals surface area contributed by atoms with Gasteiger partial charge in [0.1, 0.15) is 0 Å². The maximum atomic E-state index is 12.2. The minimum Gasteiger partial charge on any atom is -0.350 e. The Labute approximate surface area is 148 Å². The second-order valence-electron chi connectivity index (χ2n) is 4.90. The van der Waals surface area contributed by atoms with Crippen LogP contribution >= 0.6 is 23.2 Å². The van der Waals surface area contributed by atoms with Gasteiger partial charge in [-0.3, -0.25) is 4.79 Å². The summed E-state index contributed by atoms with van der Waals surface area (Å²) < 4.78 is 1.87. The van der Waals surface area contributed by atoms with Gasteiger partial charge in [0, 0.05) is 42.9 Å². The highest BCUT2D eigenvalue weighted by atomic mass is 35.5. The first-order valence-corrected chi connectivity index (χ1v) is 7.92. The first kappa shape index (κ1) is 16.4. The predicted octanol–water partition coefficient (Wildman–Crippen LogP) is 3.08. The molecule has 3 rings (SSSR count). The zero-order valence-electron chi connectivity index (χ0n) is 12.5. The van der Waals surface area contributed by atoms with E-state index in [1.807, 2.05) is 10.8 Å². The molecule has 2 aromatic heterocycles. The van der Waals surface area contributed by atoms with Crippen molar-refractivity contribution in [3.8, 4) is 11.6 Å². The molecule has 0 atom stereocenters. The quantitative estimate of drug-likeness (QED) is 0.757. The van der Waals surface area contributed by atoms with Gasteiger partial charge >= 0.3 is 0 Å². The van der Waals surface area contributed by atoms with Crippen LogP contribution in [0.3, 0.4) is 0 Å². The molecule has 0 radical (unpaired) electrons. The van der Waals surface area contributed by atoms with Crippen molar-refractivity contribution in [1.29, 1.82) is 0 Å². The van der Waals surface area contributed by atoms with Gasteiger partial charge in [0.25, 0.3) is 5.91 Å². The molecule has 3 aromatic rings. The number of carbonyl (C=O) groups is 1. The normalized spacial score (nSPS) is 10.6. The van der Waals surface area contributed by atoms with Crippen LogP contribution in [0.5, 0.6) is 0 Å². The van der Waals surface area contributed by atoms with E-state index in [-0.39, 0.29) is 5.91 Å². The minimum absolute atomic E-state index is 0.278. The zero-order chi connectivity index (χ0) is 16.9.